The molecule has 0 nitrogen and oxygen atoms in total. The average Bonchev–Trinajstić information content (AvgIpc) is 2.04. The van der Waals surface area contributed by atoms with Crippen molar-refractivity contribution in [2.75, 3.05) is 0 Å². The van der Waals surface area contributed by atoms with E-state index >= 15 is 0 Å². The Morgan fingerprint density at radius 1 is 0.857 bits per heavy atom. The van der Waals surface area contributed by atoms with Gasteiger partial charge in [0.15, 0.2) is 0 Å². The highest BCUT2D eigenvalue weighted by molar-refractivity contribution is 4.71. The lowest BCUT2D eigenvalue weighted by Gasteiger charge is -2.29. The van der Waals surface area contributed by atoms with Crippen LogP contribution in [0.4, 0.5) is 0 Å². The topological polar surface area (TPSA) is 0 Å². The average molecular weight is 198 g/mol. The summed E-state index contributed by atoms with van der Waals surface area (Å²) >= 11 is 0. The van der Waals surface area contributed by atoms with Crippen molar-refractivity contribution in [2.45, 2.75) is 67.2 Å². The molecule has 0 aromatic rings. The van der Waals surface area contributed by atoms with Crippen molar-refractivity contribution < 1.29 is 0 Å². The van der Waals surface area contributed by atoms with Gasteiger partial charge in [0.25, 0.3) is 0 Å². The van der Waals surface area contributed by atoms with Crippen molar-refractivity contribution in [1.82, 2.24) is 0 Å². The van der Waals surface area contributed by atoms with E-state index in [1.54, 1.807) is 0 Å². The van der Waals surface area contributed by atoms with E-state index in [1.165, 1.54) is 25.7 Å². The first kappa shape index (κ1) is 14.0. The Morgan fingerprint density at radius 3 is 1.79 bits per heavy atom. The maximum atomic E-state index is 2.44. The minimum atomic E-state index is 0.855. The number of hydrogen-bond acceptors (Lipinski definition) is 0. The van der Waals surface area contributed by atoms with Crippen LogP contribution in [-0.2, 0) is 0 Å². The van der Waals surface area contributed by atoms with Crippen LogP contribution < -0.4 is 0 Å². The van der Waals surface area contributed by atoms with E-state index in [4.69, 9.17) is 0 Å². The molecule has 0 aromatic heterocycles. The summed E-state index contributed by atoms with van der Waals surface area (Å²) in [5.74, 6) is 3.62. The standard InChI is InChI=1S/C14H30/c1-7-9-12(5)14(8-2)13(6)10-11(3)4/h11-14H,7-10H2,1-6H3. The van der Waals surface area contributed by atoms with Gasteiger partial charge in [-0.05, 0) is 30.1 Å². The van der Waals surface area contributed by atoms with Crippen LogP contribution in [0.3, 0.4) is 0 Å². The fraction of sp³-hybridized carbons (Fsp3) is 1.00. The SMILES string of the molecule is CCCC(C)C(CC)C(C)CC(C)C. The van der Waals surface area contributed by atoms with E-state index in [0.717, 1.165) is 23.7 Å². The molecule has 0 N–H and O–H groups in total. The Morgan fingerprint density at radius 2 is 1.43 bits per heavy atom. The molecule has 0 saturated heterocycles. The molecule has 0 rings (SSSR count). The van der Waals surface area contributed by atoms with Gasteiger partial charge >= 0.3 is 0 Å². The van der Waals surface area contributed by atoms with Crippen molar-refractivity contribution in [2.24, 2.45) is 23.7 Å². The van der Waals surface area contributed by atoms with Crippen molar-refractivity contribution in [3.8, 4) is 0 Å². The second-order valence-electron chi connectivity index (χ2n) is 5.44. The van der Waals surface area contributed by atoms with E-state index in [9.17, 15) is 0 Å². The lowest BCUT2D eigenvalue weighted by atomic mass is 9.76. The van der Waals surface area contributed by atoms with Gasteiger partial charge in [-0.15, -0.1) is 0 Å². The molecule has 0 spiro atoms. The fourth-order valence-corrected chi connectivity index (χ4v) is 2.95. The highest BCUT2D eigenvalue weighted by Gasteiger charge is 2.21. The van der Waals surface area contributed by atoms with Gasteiger partial charge in [0, 0.05) is 0 Å². The van der Waals surface area contributed by atoms with Crippen molar-refractivity contribution in [3.63, 3.8) is 0 Å². The first-order valence-electron chi connectivity index (χ1n) is 6.52. The zero-order valence-electron chi connectivity index (χ0n) is 11.1. The molecule has 0 amide bonds. The van der Waals surface area contributed by atoms with Crippen LogP contribution in [0.2, 0.25) is 0 Å². The second-order valence-corrected chi connectivity index (χ2v) is 5.44. The van der Waals surface area contributed by atoms with E-state index in [1.807, 2.05) is 0 Å². The van der Waals surface area contributed by atoms with Gasteiger partial charge in [-0.2, -0.15) is 0 Å². The molecule has 3 unspecified atom stereocenters. The van der Waals surface area contributed by atoms with Crippen LogP contribution in [0, 0.1) is 23.7 Å². The highest BCUT2D eigenvalue weighted by Crippen LogP contribution is 2.31. The Labute approximate surface area is 91.5 Å². The third-order valence-electron chi connectivity index (χ3n) is 3.52. The molecule has 0 radical (unpaired) electrons. The molecule has 0 heteroatoms. The van der Waals surface area contributed by atoms with Crippen LogP contribution in [-0.4, -0.2) is 0 Å². The third-order valence-corrected chi connectivity index (χ3v) is 3.52. The summed E-state index contributed by atoms with van der Waals surface area (Å²) < 4.78 is 0. The molecular formula is C14H30. The molecular weight excluding hydrogens is 168 g/mol. The van der Waals surface area contributed by atoms with Crippen LogP contribution in [0.1, 0.15) is 67.2 Å². The minimum absolute atomic E-state index is 0.855. The van der Waals surface area contributed by atoms with Crippen LogP contribution in [0.5, 0.6) is 0 Å². The van der Waals surface area contributed by atoms with Gasteiger partial charge in [0.2, 0.25) is 0 Å². The van der Waals surface area contributed by atoms with Crippen molar-refractivity contribution in [1.29, 1.82) is 0 Å². The fourth-order valence-electron chi connectivity index (χ4n) is 2.95. The van der Waals surface area contributed by atoms with Crippen LogP contribution in [0.25, 0.3) is 0 Å². The van der Waals surface area contributed by atoms with Gasteiger partial charge in [-0.3, -0.25) is 0 Å². The molecule has 0 saturated carbocycles. The maximum absolute atomic E-state index is 2.44. The molecule has 0 aliphatic carbocycles. The molecule has 0 aliphatic rings. The maximum Gasteiger partial charge on any atom is -0.0365 e. The number of rotatable bonds is 7. The first-order chi connectivity index (χ1) is 6.52. The van der Waals surface area contributed by atoms with Crippen molar-refractivity contribution >= 4 is 0 Å². The van der Waals surface area contributed by atoms with E-state index < -0.39 is 0 Å². The minimum Gasteiger partial charge on any atom is -0.0654 e. The summed E-state index contributed by atoms with van der Waals surface area (Å²) in [6, 6.07) is 0. The van der Waals surface area contributed by atoms with Crippen molar-refractivity contribution in [3.05, 3.63) is 0 Å². The second kappa shape index (κ2) is 7.31. The monoisotopic (exact) mass is 198 g/mol. The molecule has 0 aliphatic heterocycles. The van der Waals surface area contributed by atoms with Crippen LogP contribution in [0.15, 0.2) is 0 Å². The zero-order chi connectivity index (χ0) is 11.1. The molecule has 0 aromatic carbocycles. The normalized spacial score (nSPS) is 18.2. The lowest BCUT2D eigenvalue weighted by Crippen LogP contribution is -2.20. The summed E-state index contributed by atoms with van der Waals surface area (Å²) in [5.41, 5.74) is 0. The first-order valence-corrected chi connectivity index (χ1v) is 6.52. The van der Waals surface area contributed by atoms with Gasteiger partial charge in [0.05, 0.1) is 0 Å². The molecule has 14 heavy (non-hydrogen) atoms. The third kappa shape index (κ3) is 5.02. The summed E-state index contributed by atoms with van der Waals surface area (Å²) in [7, 11) is 0. The Hall–Kier alpha value is 0. The van der Waals surface area contributed by atoms with Gasteiger partial charge in [0.1, 0.15) is 0 Å². The molecule has 3 atom stereocenters. The Kier molecular flexibility index (Phi) is 7.31. The van der Waals surface area contributed by atoms with E-state index in [2.05, 4.69) is 41.5 Å². The molecule has 0 bridgehead atoms. The van der Waals surface area contributed by atoms with Gasteiger partial charge in [-0.1, -0.05) is 60.8 Å². The Balaban J connectivity index is 4.09. The van der Waals surface area contributed by atoms with E-state index in [-0.39, 0.29) is 0 Å². The molecule has 86 valence electrons. The summed E-state index contributed by atoms with van der Waals surface area (Å²) in [6.45, 7) is 14.2. The van der Waals surface area contributed by atoms with E-state index in [0.29, 0.717) is 0 Å². The largest absolute Gasteiger partial charge is 0.0654 e. The summed E-state index contributed by atoms with van der Waals surface area (Å²) in [4.78, 5) is 0. The van der Waals surface area contributed by atoms with Crippen LogP contribution >= 0.6 is 0 Å². The molecule has 0 fully saturated rings. The Bertz CT molecular complexity index is 126. The number of hydrogen-bond donors (Lipinski definition) is 0. The van der Waals surface area contributed by atoms with Gasteiger partial charge < -0.3 is 0 Å². The zero-order valence-corrected chi connectivity index (χ0v) is 11.1. The smallest absolute Gasteiger partial charge is 0.0365 e. The predicted octanol–water partition coefficient (Wildman–Crippen LogP) is 5.13. The highest BCUT2D eigenvalue weighted by atomic mass is 14.3. The predicted molar refractivity (Wildman–Crippen MR) is 66.5 cm³/mol. The quantitative estimate of drug-likeness (QED) is 0.532. The molecule has 0 heterocycles. The summed E-state index contributed by atoms with van der Waals surface area (Å²) in [5, 5.41) is 0. The van der Waals surface area contributed by atoms with Gasteiger partial charge in [-0.25, -0.2) is 0 Å². The summed E-state index contributed by atoms with van der Waals surface area (Å²) in [6.07, 6.45) is 5.49. The lowest BCUT2D eigenvalue weighted by molar-refractivity contribution is 0.208.